The molecule has 0 saturated carbocycles. The number of ketones is 1. The molecule has 1 heterocycles. The molecule has 0 aliphatic carbocycles. The number of nitrogens with zero attached hydrogens (tertiary/aromatic N) is 2. The van der Waals surface area contributed by atoms with Gasteiger partial charge in [-0.15, -0.1) is 0 Å². The summed E-state index contributed by atoms with van der Waals surface area (Å²) in [6, 6.07) is 13.5. The second kappa shape index (κ2) is 13.0. The number of carbonyl (C=O) groups excluding carboxylic acids is 4. The number of non-ortho nitro benzene ring substituents is 1. The zero-order valence-corrected chi connectivity index (χ0v) is 25.0. The van der Waals surface area contributed by atoms with Gasteiger partial charge in [0.2, 0.25) is 0 Å². The number of imide groups is 1. The number of thioether (sulfide) groups is 1. The average Bonchev–Trinajstić information content (AvgIpc) is 3.22. The van der Waals surface area contributed by atoms with Crippen LogP contribution in [0.5, 0.6) is 11.5 Å². The third kappa shape index (κ3) is 7.04. The van der Waals surface area contributed by atoms with Crippen molar-refractivity contribution >= 4 is 68.0 Å². The lowest BCUT2D eigenvalue weighted by atomic mass is 10.1. The number of benzene rings is 3. The van der Waals surface area contributed by atoms with Gasteiger partial charge in [0.1, 0.15) is 0 Å². The lowest BCUT2D eigenvalue weighted by molar-refractivity contribution is -0.384. The molecular weight excluding hydrogens is 630 g/mol. The van der Waals surface area contributed by atoms with E-state index in [1.165, 1.54) is 37.5 Å². The van der Waals surface area contributed by atoms with Crippen molar-refractivity contribution in [3.63, 3.8) is 0 Å². The third-order valence-electron chi connectivity index (χ3n) is 6.28. The van der Waals surface area contributed by atoms with Gasteiger partial charge in [-0.3, -0.25) is 34.2 Å². The first kappa shape index (κ1) is 30.5. The van der Waals surface area contributed by atoms with E-state index < -0.39 is 28.4 Å². The second-order valence-electron chi connectivity index (χ2n) is 9.16. The van der Waals surface area contributed by atoms with Crippen LogP contribution in [-0.2, 0) is 9.59 Å². The lowest BCUT2D eigenvalue weighted by Gasteiger charge is -2.13. The minimum Gasteiger partial charge on any atom is -0.493 e. The van der Waals surface area contributed by atoms with Crippen molar-refractivity contribution < 1.29 is 33.6 Å². The van der Waals surface area contributed by atoms with E-state index in [1.807, 2.05) is 26.0 Å². The fourth-order valence-electron chi connectivity index (χ4n) is 3.89. The van der Waals surface area contributed by atoms with Crippen LogP contribution in [0.1, 0.15) is 27.0 Å². The number of hydrogen-bond acceptors (Lipinski definition) is 9. The highest BCUT2D eigenvalue weighted by molar-refractivity contribution is 9.10. The maximum atomic E-state index is 12.9. The minimum atomic E-state index is -0.645. The molecular formula is C29H24BrN3O8S. The monoisotopic (exact) mass is 653 g/mol. The Kier molecular flexibility index (Phi) is 9.43. The van der Waals surface area contributed by atoms with Crippen molar-refractivity contribution in [3.8, 4) is 11.5 Å². The molecule has 1 fully saturated rings. The number of aryl methyl sites for hydroxylation is 2. The summed E-state index contributed by atoms with van der Waals surface area (Å²) in [5.74, 6) is -0.955. The Labute approximate surface area is 253 Å². The summed E-state index contributed by atoms with van der Waals surface area (Å²) in [5, 5.41) is 13.0. The number of methoxy groups -OCH3 is 1. The number of halogens is 1. The number of rotatable bonds is 10. The van der Waals surface area contributed by atoms with Crippen molar-refractivity contribution in [2.45, 2.75) is 13.8 Å². The quantitative estimate of drug-likeness (QED) is 0.122. The van der Waals surface area contributed by atoms with Gasteiger partial charge in [-0.05, 0) is 101 Å². The SMILES string of the molecule is COc1cc(/C=C2/SC(=O)N(CC(=O)c3ccc([N+](=O)[O-])cc3)C2=O)ccc1OCC(=O)Nc1cc(C)c(C)cc1Br. The molecule has 216 valence electrons. The van der Waals surface area contributed by atoms with Gasteiger partial charge < -0.3 is 14.8 Å². The topological polar surface area (TPSA) is 145 Å². The van der Waals surface area contributed by atoms with Crippen molar-refractivity contribution in [1.29, 1.82) is 0 Å². The maximum absolute atomic E-state index is 12.9. The zero-order chi connectivity index (χ0) is 30.6. The van der Waals surface area contributed by atoms with E-state index in [-0.39, 0.29) is 28.7 Å². The van der Waals surface area contributed by atoms with Crippen LogP contribution in [0.15, 0.2) is 64.0 Å². The summed E-state index contributed by atoms with van der Waals surface area (Å²) in [6.45, 7) is 3.14. The lowest BCUT2D eigenvalue weighted by Crippen LogP contribution is -2.33. The molecule has 0 bridgehead atoms. The van der Waals surface area contributed by atoms with Crippen molar-refractivity contribution in [2.75, 3.05) is 25.6 Å². The van der Waals surface area contributed by atoms with Gasteiger partial charge in [-0.1, -0.05) is 6.07 Å². The van der Waals surface area contributed by atoms with Gasteiger partial charge in [-0.2, -0.15) is 0 Å². The highest BCUT2D eigenvalue weighted by atomic mass is 79.9. The van der Waals surface area contributed by atoms with Crippen LogP contribution in [0.2, 0.25) is 0 Å². The minimum absolute atomic E-state index is 0.102. The Hall–Kier alpha value is -4.49. The Balaban J connectivity index is 1.40. The number of nitro groups is 1. The molecule has 11 nitrogen and oxygen atoms in total. The zero-order valence-electron chi connectivity index (χ0n) is 22.6. The van der Waals surface area contributed by atoms with Gasteiger partial charge in [0.05, 0.1) is 29.2 Å². The molecule has 0 atom stereocenters. The molecule has 1 N–H and O–H groups in total. The smallest absolute Gasteiger partial charge is 0.293 e. The van der Waals surface area contributed by atoms with Crippen LogP contribution in [0.4, 0.5) is 16.2 Å². The molecule has 0 unspecified atom stereocenters. The predicted molar refractivity (Wildman–Crippen MR) is 161 cm³/mol. The molecule has 1 saturated heterocycles. The van der Waals surface area contributed by atoms with Crippen LogP contribution in [0.25, 0.3) is 6.08 Å². The summed E-state index contributed by atoms with van der Waals surface area (Å²) < 4.78 is 11.8. The molecule has 0 spiro atoms. The number of Topliss-reactive ketones (excluding diaryl/α,β-unsaturated/α-hetero) is 1. The molecule has 4 rings (SSSR count). The Morgan fingerprint density at radius 3 is 2.40 bits per heavy atom. The normalized spacial score (nSPS) is 13.8. The average molecular weight is 654 g/mol. The maximum Gasteiger partial charge on any atom is 0.293 e. The van der Waals surface area contributed by atoms with E-state index in [1.54, 1.807) is 18.2 Å². The van der Waals surface area contributed by atoms with Gasteiger partial charge in [0.25, 0.3) is 22.7 Å². The van der Waals surface area contributed by atoms with Crippen molar-refractivity contribution in [2.24, 2.45) is 0 Å². The van der Waals surface area contributed by atoms with E-state index in [0.717, 1.165) is 20.5 Å². The van der Waals surface area contributed by atoms with E-state index in [9.17, 15) is 29.3 Å². The van der Waals surface area contributed by atoms with Crippen LogP contribution in [0.3, 0.4) is 0 Å². The molecule has 13 heteroatoms. The largest absolute Gasteiger partial charge is 0.493 e. The van der Waals surface area contributed by atoms with Gasteiger partial charge in [-0.25, -0.2) is 0 Å². The molecule has 3 amide bonds. The molecule has 3 aromatic rings. The number of ether oxygens (including phenoxy) is 2. The molecule has 0 aromatic heterocycles. The second-order valence-corrected chi connectivity index (χ2v) is 11.0. The summed E-state index contributed by atoms with van der Waals surface area (Å²) in [6.07, 6.45) is 1.48. The summed E-state index contributed by atoms with van der Waals surface area (Å²) in [5.41, 5.74) is 3.22. The molecule has 1 aliphatic heterocycles. The molecule has 1 aliphatic rings. The van der Waals surface area contributed by atoms with Gasteiger partial charge >= 0.3 is 0 Å². The number of amides is 3. The van der Waals surface area contributed by atoms with E-state index in [0.29, 0.717) is 34.5 Å². The summed E-state index contributed by atoms with van der Waals surface area (Å²) in [4.78, 5) is 61.7. The highest BCUT2D eigenvalue weighted by Gasteiger charge is 2.36. The van der Waals surface area contributed by atoms with Crippen molar-refractivity contribution in [3.05, 3.63) is 96.3 Å². The van der Waals surface area contributed by atoms with Crippen LogP contribution >= 0.6 is 27.7 Å². The van der Waals surface area contributed by atoms with E-state index in [2.05, 4.69) is 21.2 Å². The Morgan fingerprint density at radius 2 is 1.74 bits per heavy atom. The van der Waals surface area contributed by atoms with Crippen molar-refractivity contribution in [1.82, 2.24) is 4.90 Å². The fraction of sp³-hybridized carbons (Fsp3) is 0.172. The first-order chi connectivity index (χ1) is 20.0. The number of nitro benzene ring substituents is 1. The third-order valence-corrected chi connectivity index (χ3v) is 7.84. The Morgan fingerprint density at radius 1 is 1.05 bits per heavy atom. The first-order valence-electron chi connectivity index (χ1n) is 12.4. The highest BCUT2D eigenvalue weighted by Crippen LogP contribution is 2.35. The van der Waals surface area contributed by atoms with Gasteiger partial charge in [0.15, 0.2) is 23.9 Å². The van der Waals surface area contributed by atoms with Crippen LogP contribution in [-0.4, -0.2) is 52.9 Å². The number of hydrogen-bond donors (Lipinski definition) is 1. The molecule has 42 heavy (non-hydrogen) atoms. The number of anilines is 1. The fourth-order valence-corrected chi connectivity index (χ4v) is 5.29. The predicted octanol–water partition coefficient (Wildman–Crippen LogP) is 5.92. The Bertz CT molecular complexity index is 1640. The first-order valence-corrected chi connectivity index (χ1v) is 14.0. The van der Waals surface area contributed by atoms with Crippen LogP contribution < -0.4 is 14.8 Å². The standard InChI is InChI=1S/C29H24BrN3O8S/c1-16-10-21(30)22(11-17(16)2)31-27(35)15-41-24-9-4-18(12-25(24)40-3)13-26-28(36)32(29(37)42-26)14-23(34)19-5-7-20(8-6-19)33(38)39/h4-13H,14-15H2,1-3H3,(H,31,35)/b26-13+. The summed E-state index contributed by atoms with van der Waals surface area (Å²) in [7, 11) is 1.43. The van der Waals surface area contributed by atoms with Crippen LogP contribution in [0, 0.1) is 24.0 Å². The van der Waals surface area contributed by atoms with Gasteiger partial charge in [0, 0.05) is 22.2 Å². The number of carbonyl (C=O) groups is 4. The molecule has 3 aromatic carbocycles. The summed E-state index contributed by atoms with van der Waals surface area (Å²) >= 11 is 4.13. The molecule has 0 radical (unpaired) electrons. The van der Waals surface area contributed by atoms with E-state index in [4.69, 9.17) is 9.47 Å². The number of nitrogens with one attached hydrogen (secondary N) is 1. The van der Waals surface area contributed by atoms with E-state index >= 15 is 0 Å².